The minimum Gasteiger partial charge on any atom is -0.337 e. The lowest BCUT2D eigenvalue weighted by Gasteiger charge is -2.07. The second-order valence-electron chi connectivity index (χ2n) is 4.09. The molecule has 9 heteroatoms. The van der Waals surface area contributed by atoms with Crippen molar-refractivity contribution >= 4 is 16.1 Å². The van der Waals surface area contributed by atoms with Crippen LogP contribution in [0, 0.1) is 0 Å². The van der Waals surface area contributed by atoms with E-state index in [4.69, 9.17) is 0 Å². The van der Waals surface area contributed by atoms with Crippen LogP contribution in [0.15, 0.2) is 11.4 Å². The fourth-order valence-electron chi connectivity index (χ4n) is 1.61. The molecule has 0 unspecified atom stereocenters. The Bertz CT molecular complexity index is 587. The molecule has 3 N–H and O–H groups in total. The lowest BCUT2D eigenvalue weighted by atomic mass is 10.3. The highest BCUT2D eigenvalue weighted by atomic mass is 32.2. The van der Waals surface area contributed by atoms with Crippen molar-refractivity contribution in [3.05, 3.63) is 17.5 Å². The van der Waals surface area contributed by atoms with E-state index in [0.717, 1.165) is 5.56 Å². The van der Waals surface area contributed by atoms with Crippen molar-refractivity contribution < 1.29 is 13.2 Å². The van der Waals surface area contributed by atoms with Crippen LogP contribution in [0.25, 0.3) is 0 Å². The lowest BCUT2D eigenvalue weighted by Crippen LogP contribution is -2.40. The molecule has 1 aliphatic rings. The summed E-state index contributed by atoms with van der Waals surface area (Å²) in [4.78, 5) is 19.1. The number of hydrogen-bond donors (Lipinski definition) is 3. The van der Waals surface area contributed by atoms with Crippen molar-refractivity contribution in [2.45, 2.75) is 31.6 Å². The summed E-state index contributed by atoms with van der Waals surface area (Å²) in [5.74, 6) is 0. The summed E-state index contributed by atoms with van der Waals surface area (Å²) in [6.45, 7) is 3.39. The Balaban J connectivity index is 2.13. The molecule has 0 saturated carbocycles. The first-order valence-electron chi connectivity index (χ1n) is 5.89. The molecule has 1 aromatic heterocycles. The molecule has 1 aliphatic heterocycles. The monoisotopic (exact) mass is 285 g/mol. The highest BCUT2D eigenvalue weighted by molar-refractivity contribution is 7.89. The summed E-state index contributed by atoms with van der Waals surface area (Å²) in [6, 6.07) is -0.774. The second-order valence-corrected chi connectivity index (χ2v) is 5.67. The van der Waals surface area contributed by atoms with Crippen LogP contribution in [0.2, 0.25) is 0 Å². The van der Waals surface area contributed by atoms with Crippen molar-refractivity contribution in [2.24, 2.45) is 0 Å². The topological polar surface area (TPSA) is 113 Å². The molecule has 2 heterocycles. The molecule has 104 valence electrons. The van der Waals surface area contributed by atoms with Crippen LogP contribution in [-0.4, -0.2) is 31.0 Å². The quantitative estimate of drug-likeness (QED) is 0.641. The first kappa shape index (κ1) is 13.7. The maximum atomic E-state index is 11.9. The number of hydrogen-bond acceptors (Lipinski definition) is 6. The fourth-order valence-corrected chi connectivity index (χ4v) is 2.44. The summed E-state index contributed by atoms with van der Waals surface area (Å²) >= 11 is 0. The van der Waals surface area contributed by atoms with Crippen LogP contribution in [0.3, 0.4) is 0 Å². The van der Waals surface area contributed by atoms with Gasteiger partial charge >= 0.3 is 16.1 Å². The third-order valence-electron chi connectivity index (χ3n) is 2.54. The second kappa shape index (κ2) is 5.49. The van der Waals surface area contributed by atoms with Crippen molar-refractivity contribution in [3.8, 4) is 0 Å². The number of nitrogens with one attached hydrogen (secondary N) is 3. The van der Waals surface area contributed by atoms with E-state index in [2.05, 4.69) is 20.6 Å². The smallest absolute Gasteiger partial charge is 0.328 e. The van der Waals surface area contributed by atoms with E-state index in [0.29, 0.717) is 31.7 Å². The number of carbonyl (C=O) groups is 1. The number of sulfonamides is 1. The summed E-state index contributed by atoms with van der Waals surface area (Å²) in [5.41, 5.74) is 1.51. The van der Waals surface area contributed by atoms with Gasteiger partial charge in [-0.3, -0.25) is 0 Å². The average molecular weight is 285 g/mol. The standard InChI is InChI=1S/C10H15N5O3S/c1-2-3-12-9(16)15-19(17,18)10-13-5-7-4-11-6-8(7)14-10/h5,11H,2-4,6H2,1H3,(H2,12,15,16). The van der Waals surface area contributed by atoms with E-state index in [1.54, 1.807) is 0 Å². The number of urea groups is 1. The van der Waals surface area contributed by atoms with Gasteiger partial charge in [0.25, 0.3) is 5.16 Å². The summed E-state index contributed by atoms with van der Waals surface area (Å²) < 4.78 is 25.7. The number of carbonyl (C=O) groups excluding carboxylic acids is 1. The molecule has 0 atom stereocenters. The number of aromatic nitrogens is 2. The van der Waals surface area contributed by atoms with Gasteiger partial charge in [-0.2, -0.15) is 8.42 Å². The Hall–Kier alpha value is -1.74. The zero-order valence-electron chi connectivity index (χ0n) is 10.4. The molecule has 0 aliphatic carbocycles. The Morgan fingerprint density at radius 3 is 3.00 bits per heavy atom. The molecule has 8 nitrogen and oxygen atoms in total. The Morgan fingerprint density at radius 1 is 1.47 bits per heavy atom. The Kier molecular flexibility index (Phi) is 3.96. The molecule has 0 radical (unpaired) electrons. The van der Waals surface area contributed by atoms with Gasteiger partial charge in [-0.25, -0.2) is 19.5 Å². The van der Waals surface area contributed by atoms with Gasteiger partial charge in [-0.1, -0.05) is 6.92 Å². The van der Waals surface area contributed by atoms with E-state index in [1.165, 1.54) is 6.20 Å². The zero-order chi connectivity index (χ0) is 13.9. The fraction of sp³-hybridized carbons (Fsp3) is 0.500. The van der Waals surface area contributed by atoms with Gasteiger partial charge in [0.05, 0.1) is 5.69 Å². The van der Waals surface area contributed by atoms with Gasteiger partial charge in [0.2, 0.25) is 0 Å². The Labute approximate surface area is 111 Å². The van der Waals surface area contributed by atoms with Crippen LogP contribution in [0.5, 0.6) is 0 Å². The minimum absolute atomic E-state index is 0.387. The molecule has 2 amide bonds. The summed E-state index contributed by atoms with van der Waals surface area (Å²) in [7, 11) is -4.02. The molecule has 0 saturated heterocycles. The normalized spacial score (nSPS) is 13.9. The third-order valence-corrected chi connectivity index (χ3v) is 3.67. The van der Waals surface area contributed by atoms with Crippen LogP contribution < -0.4 is 15.4 Å². The maximum Gasteiger partial charge on any atom is 0.328 e. The van der Waals surface area contributed by atoms with Crippen molar-refractivity contribution in [3.63, 3.8) is 0 Å². The maximum absolute atomic E-state index is 11.9. The van der Waals surface area contributed by atoms with E-state index in [9.17, 15) is 13.2 Å². The third kappa shape index (κ3) is 3.18. The van der Waals surface area contributed by atoms with Crippen molar-refractivity contribution in [1.29, 1.82) is 0 Å². The summed E-state index contributed by atoms with van der Waals surface area (Å²) in [5, 5.41) is 5.06. The molecular formula is C10H15N5O3S. The molecule has 0 spiro atoms. The molecule has 0 aromatic carbocycles. The van der Waals surface area contributed by atoms with E-state index in [-0.39, 0.29) is 5.16 Å². The van der Waals surface area contributed by atoms with Gasteiger partial charge in [-0.15, -0.1) is 0 Å². The molecule has 2 rings (SSSR count). The molecule has 0 bridgehead atoms. The minimum atomic E-state index is -4.02. The van der Waals surface area contributed by atoms with Crippen molar-refractivity contribution in [1.82, 2.24) is 25.3 Å². The highest BCUT2D eigenvalue weighted by Gasteiger charge is 2.23. The van der Waals surface area contributed by atoms with Gasteiger partial charge < -0.3 is 10.6 Å². The molecule has 19 heavy (non-hydrogen) atoms. The SMILES string of the molecule is CCCNC(=O)NS(=O)(=O)c1ncc2c(n1)CNC2. The highest BCUT2D eigenvalue weighted by Crippen LogP contribution is 2.13. The summed E-state index contributed by atoms with van der Waals surface area (Å²) in [6.07, 6.45) is 2.18. The van der Waals surface area contributed by atoms with Gasteiger partial charge in [0.15, 0.2) is 0 Å². The first-order valence-corrected chi connectivity index (χ1v) is 7.37. The van der Waals surface area contributed by atoms with Crippen molar-refractivity contribution in [2.75, 3.05) is 6.54 Å². The molecular weight excluding hydrogens is 270 g/mol. The number of rotatable bonds is 4. The van der Waals surface area contributed by atoms with E-state index >= 15 is 0 Å². The van der Waals surface area contributed by atoms with E-state index < -0.39 is 16.1 Å². The predicted octanol–water partition coefficient (Wildman–Crippen LogP) is -0.522. The van der Waals surface area contributed by atoms with Gasteiger partial charge in [0, 0.05) is 31.4 Å². The first-order chi connectivity index (χ1) is 9.03. The zero-order valence-corrected chi connectivity index (χ0v) is 11.2. The Morgan fingerprint density at radius 2 is 2.26 bits per heavy atom. The average Bonchev–Trinajstić information content (AvgIpc) is 2.82. The van der Waals surface area contributed by atoms with E-state index in [1.807, 2.05) is 11.6 Å². The van der Waals surface area contributed by atoms with Crippen LogP contribution in [0.1, 0.15) is 24.6 Å². The van der Waals surface area contributed by atoms with Crippen LogP contribution >= 0.6 is 0 Å². The predicted molar refractivity (Wildman–Crippen MR) is 66.6 cm³/mol. The molecule has 0 fully saturated rings. The number of amides is 2. The number of fused-ring (bicyclic) bond motifs is 1. The van der Waals surface area contributed by atoms with Gasteiger partial charge in [0.1, 0.15) is 0 Å². The van der Waals surface area contributed by atoms with Gasteiger partial charge in [-0.05, 0) is 6.42 Å². The lowest BCUT2D eigenvalue weighted by molar-refractivity contribution is 0.246. The number of nitrogens with zero attached hydrogens (tertiary/aromatic N) is 2. The molecule has 1 aromatic rings. The van der Waals surface area contributed by atoms with Crippen LogP contribution in [-0.2, 0) is 23.1 Å². The van der Waals surface area contributed by atoms with Crippen LogP contribution in [0.4, 0.5) is 4.79 Å². The largest absolute Gasteiger partial charge is 0.337 e.